The van der Waals surface area contributed by atoms with Crippen LogP contribution in [0.2, 0.25) is 0 Å². The van der Waals surface area contributed by atoms with Crippen molar-refractivity contribution in [3.05, 3.63) is 58.6 Å². The van der Waals surface area contributed by atoms with E-state index in [4.69, 9.17) is 5.73 Å². The molecule has 0 aliphatic rings. The van der Waals surface area contributed by atoms with Crippen LogP contribution >= 0.6 is 15.9 Å². The number of rotatable bonds is 3. The van der Waals surface area contributed by atoms with Crippen molar-refractivity contribution in [3.8, 4) is 0 Å². The molecule has 0 spiro atoms. The van der Waals surface area contributed by atoms with Gasteiger partial charge in [0.25, 0.3) is 0 Å². The van der Waals surface area contributed by atoms with Gasteiger partial charge in [-0.2, -0.15) is 0 Å². The van der Waals surface area contributed by atoms with E-state index in [-0.39, 0.29) is 0 Å². The molecule has 0 saturated carbocycles. The summed E-state index contributed by atoms with van der Waals surface area (Å²) in [5.41, 5.74) is 8.99. The fraction of sp³-hybridized carbons (Fsp3) is 0.143. The summed E-state index contributed by atoms with van der Waals surface area (Å²) >= 11 is 3.55. The highest BCUT2D eigenvalue weighted by atomic mass is 79.9. The second-order valence-electron chi connectivity index (χ2n) is 4.04. The number of benzene rings is 2. The molecule has 17 heavy (non-hydrogen) atoms. The molecule has 0 heterocycles. The van der Waals surface area contributed by atoms with Gasteiger partial charge in [-0.25, -0.2) is 0 Å². The third kappa shape index (κ3) is 3.01. The van der Waals surface area contributed by atoms with Crippen molar-refractivity contribution in [2.75, 3.05) is 17.7 Å². The maximum atomic E-state index is 5.80. The average molecular weight is 291 g/mol. The van der Waals surface area contributed by atoms with Crippen molar-refractivity contribution in [3.63, 3.8) is 0 Å². The van der Waals surface area contributed by atoms with Gasteiger partial charge in [-0.1, -0.05) is 34.1 Å². The maximum Gasteiger partial charge on any atom is 0.0438 e. The molecule has 0 saturated heterocycles. The fourth-order valence-electron chi connectivity index (χ4n) is 1.75. The standard InChI is InChI=1S/C14H15BrN2/c1-17(13-5-3-2-4-6-13)10-11-9-12(16)7-8-14(11)15/h2-9H,10,16H2,1H3. The quantitative estimate of drug-likeness (QED) is 0.874. The van der Waals surface area contributed by atoms with E-state index >= 15 is 0 Å². The summed E-state index contributed by atoms with van der Waals surface area (Å²) in [6.45, 7) is 0.829. The summed E-state index contributed by atoms with van der Waals surface area (Å²) < 4.78 is 1.09. The zero-order valence-corrected chi connectivity index (χ0v) is 11.3. The summed E-state index contributed by atoms with van der Waals surface area (Å²) in [5, 5.41) is 0. The number of hydrogen-bond acceptors (Lipinski definition) is 2. The maximum absolute atomic E-state index is 5.80. The highest BCUT2D eigenvalue weighted by Gasteiger charge is 2.05. The van der Waals surface area contributed by atoms with Crippen molar-refractivity contribution in [2.45, 2.75) is 6.54 Å². The average Bonchev–Trinajstić information content (AvgIpc) is 2.35. The highest BCUT2D eigenvalue weighted by molar-refractivity contribution is 9.10. The predicted molar refractivity (Wildman–Crippen MR) is 77.1 cm³/mol. The molecule has 3 heteroatoms. The Bertz CT molecular complexity index is 497. The lowest BCUT2D eigenvalue weighted by Gasteiger charge is -2.20. The van der Waals surface area contributed by atoms with Gasteiger partial charge in [-0.05, 0) is 35.9 Å². The molecule has 0 fully saturated rings. The van der Waals surface area contributed by atoms with Gasteiger partial charge in [0, 0.05) is 29.4 Å². The first-order valence-electron chi connectivity index (χ1n) is 5.47. The van der Waals surface area contributed by atoms with E-state index in [0.717, 1.165) is 16.7 Å². The highest BCUT2D eigenvalue weighted by Crippen LogP contribution is 2.23. The Morgan fingerprint density at radius 2 is 1.82 bits per heavy atom. The number of anilines is 2. The van der Waals surface area contributed by atoms with E-state index in [1.165, 1.54) is 11.3 Å². The molecule has 2 aromatic rings. The molecule has 0 aromatic heterocycles. The van der Waals surface area contributed by atoms with E-state index in [2.05, 4.69) is 40.0 Å². The molecule has 0 radical (unpaired) electrons. The molecular formula is C14H15BrN2. The molecule has 2 N–H and O–H groups in total. The lowest BCUT2D eigenvalue weighted by atomic mass is 10.2. The van der Waals surface area contributed by atoms with Gasteiger partial charge in [0.15, 0.2) is 0 Å². The third-order valence-electron chi connectivity index (χ3n) is 2.67. The number of nitrogens with two attached hydrogens (primary N) is 1. The Labute approximate surface area is 110 Å². The van der Waals surface area contributed by atoms with Crippen LogP contribution in [0.5, 0.6) is 0 Å². The van der Waals surface area contributed by atoms with Crippen molar-refractivity contribution in [1.82, 2.24) is 0 Å². The molecular weight excluding hydrogens is 276 g/mol. The molecule has 2 aromatic carbocycles. The molecule has 2 rings (SSSR count). The molecule has 2 nitrogen and oxygen atoms in total. The Morgan fingerprint density at radius 3 is 2.53 bits per heavy atom. The number of nitrogen functional groups attached to an aromatic ring is 1. The van der Waals surface area contributed by atoms with Crippen LogP contribution in [0.25, 0.3) is 0 Å². The first kappa shape index (κ1) is 12.0. The zero-order valence-electron chi connectivity index (χ0n) is 9.73. The second kappa shape index (κ2) is 5.23. The second-order valence-corrected chi connectivity index (χ2v) is 4.90. The predicted octanol–water partition coefficient (Wildman–Crippen LogP) is 3.67. The van der Waals surface area contributed by atoms with Crippen LogP contribution < -0.4 is 10.6 Å². The Morgan fingerprint density at radius 1 is 1.12 bits per heavy atom. The van der Waals surface area contributed by atoms with Crippen LogP contribution in [0.1, 0.15) is 5.56 Å². The first-order chi connectivity index (χ1) is 8.16. The van der Waals surface area contributed by atoms with Crippen molar-refractivity contribution >= 4 is 27.3 Å². The van der Waals surface area contributed by atoms with Crippen LogP contribution in [0.4, 0.5) is 11.4 Å². The molecule has 88 valence electrons. The Balaban J connectivity index is 2.18. The van der Waals surface area contributed by atoms with E-state index in [1.54, 1.807) is 0 Å². The summed E-state index contributed by atoms with van der Waals surface area (Å²) in [6, 6.07) is 16.2. The van der Waals surface area contributed by atoms with Gasteiger partial charge >= 0.3 is 0 Å². The largest absolute Gasteiger partial charge is 0.399 e. The van der Waals surface area contributed by atoms with Crippen LogP contribution in [-0.4, -0.2) is 7.05 Å². The summed E-state index contributed by atoms with van der Waals surface area (Å²) in [5.74, 6) is 0. The van der Waals surface area contributed by atoms with Crippen molar-refractivity contribution < 1.29 is 0 Å². The van der Waals surface area contributed by atoms with Crippen molar-refractivity contribution in [2.24, 2.45) is 0 Å². The molecule has 0 amide bonds. The number of hydrogen-bond donors (Lipinski definition) is 1. The van der Waals surface area contributed by atoms with Gasteiger partial charge in [0.05, 0.1) is 0 Å². The van der Waals surface area contributed by atoms with E-state index in [0.29, 0.717) is 0 Å². The number of nitrogens with zero attached hydrogens (tertiary/aromatic N) is 1. The zero-order chi connectivity index (χ0) is 12.3. The van der Waals surface area contributed by atoms with Gasteiger partial charge in [-0.3, -0.25) is 0 Å². The minimum atomic E-state index is 0.796. The van der Waals surface area contributed by atoms with Gasteiger partial charge < -0.3 is 10.6 Å². The lowest BCUT2D eigenvalue weighted by Crippen LogP contribution is -2.16. The lowest BCUT2D eigenvalue weighted by molar-refractivity contribution is 0.919. The van der Waals surface area contributed by atoms with Gasteiger partial charge in [0.2, 0.25) is 0 Å². The summed E-state index contributed by atoms with van der Waals surface area (Å²) in [4.78, 5) is 2.19. The summed E-state index contributed by atoms with van der Waals surface area (Å²) in [6.07, 6.45) is 0. The van der Waals surface area contributed by atoms with Crippen LogP contribution in [0.3, 0.4) is 0 Å². The minimum Gasteiger partial charge on any atom is -0.399 e. The molecule has 0 aliphatic heterocycles. The van der Waals surface area contributed by atoms with Gasteiger partial charge in [0.1, 0.15) is 0 Å². The fourth-order valence-corrected chi connectivity index (χ4v) is 2.12. The SMILES string of the molecule is CN(Cc1cc(N)ccc1Br)c1ccccc1. The Hall–Kier alpha value is -1.48. The van der Waals surface area contributed by atoms with Crippen LogP contribution in [0.15, 0.2) is 53.0 Å². The molecule has 0 atom stereocenters. The first-order valence-corrected chi connectivity index (χ1v) is 6.26. The monoisotopic (exact) mass is 290 g/mol. The smallest absolute Gasteiger partial charge is 0.0438 e. The van der Waals surface area contributed by atoms with E-state index in [1.807, 2.05) is 36.4 Å². The van der Waals surface area contributed by atoms with Crippen molar-refractivity contribution in [1.29, 1.82) is 0 Å². The third-order valence-corrected chi connectivity index (χ3v) is 3.45. The van der Waals surface area contributed by atoms with Crippen LogP contribution in [-0.2, 0) is 6.54 Å². The van der Waals surface area contributed by atoms with E-state index in [9.17, 15) is 0 Å². The molecule has 0 unspecified atom stereocenters. The van der Waals surface area contributed by atoms with Crippen LogP contribution in [0, 0.1) is 0 Å². The van der Waals surface area contributed by atoms with Gasteiger partial charge in [-0.15, -0.1) is 0 Å². The molecule has 0 aliphatic carbocycles. The van der Waals surface area contributed by atoms with E-state index < -0.39 is 0 Å². The number of halogens is 1. The number of para-hydroxylation sites is 1. The Kier molecular flexibility index (Phi) is 3.69. The normalized spacial score (nSPS) is 10.2. The topological polar surface area (TPSA) is 29.3 Å². The minimum absolute atomic E-state index is 0.796. The molecule has 0 bridgehead atoms. The summed E-state index contributed by atoms with van der Waals surface area (Å²) in [7, 11) is 2.07.